The second-order valence-electron chi connectivity index (χ2n) is 5.29. The SMILES string of the molecule is Cc1c2n(c3ccccc13)CCO[C@]2(C)CC(=O)O. The predicted octanol–water partition coefficient (Wildman–Crippen LogP) is 2.67. The number of hydrogen-bond acceptors (Lipinski definition) is 2. The van der Waals surface area contributed by atoms with Crippen LogP contribution in [-0.4, -0.2) is 22.2 Å². The van der Waals surface area contributed by atoms with Crippen molar-refractivity contribution in [3.63, 3.8) is 0 Å². The van der Waals surface area contributed by atoms with E-state index in [2.05, 4.69) is 16.7 Å². The summed E-state index contributed by atoms with van der Waals surface area (Å²) < 4.78 is 8.02. The zero-order chi connectivity index (χ0) is 13.6. The monoisotopic (exact) mass is 259 g/mol. The third-order valence-electron chi connectivity index (χ3n) is 3.95. The molecule has 2 aromatic rings. The Balaban J connectivity index is 2.27. The van der Waals surface area contributed by atoms with E-state index in [1.807, 2.05) is 26.0 Å². The van der Waals surface area contributed by atoms with Gasteiger partial charge < -0.3 is 14.4 Å². The lowest BCUT2D eigenvalue weighted by Crippen LogP contribution is -2.37. The van der Waals surface area contributed by atoms with Crippen LogP contribution >= 0.6 is 0 Å². The van der Waals surface area contributed by atoms with Crippen molar-refractivity contribution in [3.8, 4) is 0 Å². The molecule has 4 nitrogen and oxygen atoms in total. The molecular weight excluding hydrogens is 242 g/mol. The van der Waals surface area contributed by atoms with Crippen LogP contribution in [0, 0.1) is 6.92 Å². The Hall–Kier alpha value is -1.81. The smallest absolute Gasteiger partial charge is 0.306 e. The maximum atomic E-state index is 11.1. The number of hydrogen-bond donors (Lipinski definition) is 1. The molecule has 0 aliphatic carbocycles. The minimum atomic E-state index is -0.833. The summed E-state index contributed by atoms with van der Waals surface area (Å²) in [5, 5.41) is 10.3. The number of carbonyl (C=O) groups is 1. The molecule has 1 aliphatic rings. The lowest BCUT2D eigenvalue weighted by molar-refractivity contribution is -0.147. The molecule has 2 heterocycles. The Morgan fingerprint density at radius 3 is 2.95 bits per heavy atom. The van der Waals surface area contributed by atoms with Crippen LogP contribution in [0.3, 0.4) is 0 Å². The average Bonchev–Trinajstić information content (AvgIpc) is 2.64. The molecule has 0 spiro atoms. The fourth-order valence-corrected chi connectivity index (χ4v) is 3.24. The topological polar surface area (TPSA) is 51.5 Å². The van der Waals surface area contributed by atoms with Gasteiger partial charge in [0.15, 0.2) is 0 Å². The van der Waals surface area contributed by atoms with Crippen molar-refractivity contribution in [2.24, 2.45) is 0 Å². The Labute approximate surface area is 111 Å². The van der Waals surface area contributed by atoms with Gasteiger partial charge in [-0.05, 0) is 25.5 Å². The normalized spacial score (nSPS) is 22.4. The molecule has 0 saturated carbocycles. The standard InChI is InChI=1S/C15H17NO3/c1-10-11-5-3-4-6-12(11)16-7-8-19-15(2,14(10)16)9-13(17)18/h3-6H,7-9H2,1-2H3,(H,17,18)/t15-/m1/s1. The Morgan fingerprint density at radius 2 is 2.21 bits per heavy atom. The van der Waals surface area contributed by atoms with Crippen LogP contribution in [0.4, 0.5) is 0 Å². The molecular formula is C15H17NO3. The van der Waals surface area contributed by atoms with Crippen LogP contribution in [0.15, 0.2) is 24.3 Å². The van der Waals surface area contributed by atoms with E-state index in [0.717, 1.165) is 23.3 Å². The molecule has 0 unspecified atom stereocenters. The lowest BCUT2D eigenvalue weighted by Gasteiger charge is -2.35. The predicted molar refractivity (Wildman–Crippen MR) is 72.2 cm³/mol. The van der Waals surface area contributed by atoms with Gasteiger partial charge in [0.2, 0.25) is 0 Å². The first kappa shape index (κ1) is 12.2. The van der Waals surface area contributed by atoms with Gasteiger partial charge in [0.05, 0.1) is 18.7 Å². The second-order valence-corrected chi connectivity index (χ2v) is 5.29. The van der Waals surface area contributed by atoms with Crippen LogP contribution in [0.1, 0.15) is 24.6 Å². The first-order valence-electron chi connectivity index (χ1n) is 6.47. The van der Waals surface area contributed by atoms with Crippen molar-refractivity contribution in [3.05, 3.63) is 35.5 Å². The summed E-state index contributed by atoms with van der Waals surface area (Å²) in [6, 6.07) is 8.19. The molecule has 3 rings (SSSR count). The Kier molecular flexibility index (Phi) is 2.64. The first-order chi connectivity index (χ1) is 9.03. The number of ether oxygens (including phenoxy) is 1. The highest BCUT2D eigenvalue weighted by molar-refractivity contribution is 5.86. The Bertz CT molecular complexity index is 659. The molecule has 1 N–H and O–H groups in total. The number of aromatic nitrogens is 1. The van der Waals surface area contributed by atoms with Crippen molar-refractivity contribution in [1.82, 2.24) is 4.57 Å². The number of fused-ring (bicyclic) bond motifs is 3. The maximum Gasteiger partial charge on any atom is 0.306 e. The van der Waals surface area contributed by atoms with E-state index in [1.165, 1.54) is 5.39 Å². The quantitative estimate of drug-likeness (QED) is 0.902. The maximum absolute atomic E-state index is 11.1. The number of rotatable bonds is 2. The highest BCUT2D eigenvalue weighted by Crippen LogP contribution is 2.39. The first-order valence-corrected chi connectivity index (χ1v) is 6.47. The van der Waals surface area contributed by atoms with E-state index in [-0.39, 0.29) is 6.42 Å². The Morgan fingerprint density at radius 1 is 1.47 bits per heavy atom. The van der Waals surface area contributed by atoms with Gasteiger partial charge in [-0.3, -0.25) is 4.79 Å². The minimum absolute atomic E-state index is 0.00976. The fourth-order valence-electron chi connectivity index (χ4n) is 3.24. The number of carboxylic acids is 1. The van der Waals surface area contributed by atoms with Crippen LogP contribution in [-0.2, 0) is 21.7 Å². The van der Waals surface area contributed by atoms with E-state index in [0.29, 0.717) is 6.61 Å². The number of aliphatic carboxylic acids is 1. The summed E-state index contributed by atoms with van der Waals surface area (Å²) in [7, 11) is 0. The molecule has 1 aromatic carbocycles. The molecule has 1 aliphatic heterocycles. The van der Waals surface area contributed by atoms with Crippen LogP contribution in [0.25, 0.3) is 10.9 Å². The van der Waals surface area contributed by atoms with Crippen molar-refractivity contribution in [2.45, 2.75) is 32.4 Å². The number of para-hydroxylation sites is 1. The summed E-state index contributed by atoms with van der Waals surface area (Å²) in [6.45, 7) is 5.24. The van der Waals surface area contributed by atoms with Gasteiger partial charge >= 0.3 is 5.97 Å². The molecule has 0 saturated heterocycles. The van der Waals surface area contributed by atoms with Crippen molar-refractivity contribution >= 4 is 16.9 Å². The van der Waals surface area contributed by atoms with Crippen molar-refractivity contribution in [2.75, 3.05) is 6.61 Å². The van der Waals surface area contributed by atoms with Gasteiger partial charge in [-0.15, -0.1) is 0 Å². The summed E-state index contributed by atoms with van der Waals surface area (Å²) in [4.78, 5) is 11.1. The second kappa shape index (κ2) is 4.10. The van der Waals surface area contributed by atoms with Crippen LogP contribution < -0.4 is 0 Å². The third-order valence-corrected chi connectivity index (χ3v) is 3.95. The zero-order valence-corrected chi connectivity index (χ0v) is 11.1. The van der Waals surface area contributed by atoms with Gasteiger partial charge in [0, 0.05) is 17.4 Å². The minimum Gasteiger partial charge on any atom is -0.481 e. The molecule has 0 fully saturated rings. The van der Waals surface area contributed by atoms with Gasteiger partial charge in [0.25, 0.3) is 0 Å². The molecule has 0 radical (unpaired) electrons. The third kappa shape index (κ3) is 1.75. The molecule has 4 heteroatoms. The number of carboxylic acid groups (broad SMARTS) is 1. The van der Waals surface area contributed by atoms with Crippen molar-refractivity contribution < 1.29 is 14.6 Å². The van der Waals surface area contributed by atoms with Gasteiger partial charge in [-0.2, -0.15) is 0 Å². The summed E-state index contributed by atoms with van der Waals surface area (Å²) in [6.07, 6.45) is -0.00976. The molecule has 0 bridgehead atoms. The largest absolute Gasteiger partial charge is 0.481 e. The molecule has 100 valence electrons. The van der Waals surface area contributed by atoms with E-state index in [4.69, 9.17) is 9.84 Å². The van der Waals surface area contributed by atoms with E-state index in [9.17, 15) is 4.79 Å². The van der Waals surface area contributed by atoms with E-state index in [1.54, 1.807) is 0 Å². The molecule has 0 amide bonds. The summed E-state index contributed by atoms with van der Waals surface area (Å²) in [5.74, 6) is -0.833. The highest BCUT2D eigenvalue weighted by atomic mass is 16.5. The number of benzene rings is 1. The average molecular weight is 259 g/mol. The molecule has 1 aromatic heterocycles. The zero-order valence-electron chi connectivity index (χ0n) is 11.1. The summed E-state index contributed by atoms with van der Waals surface area (Å²) >= 11 is 0. The fraction of sp³-hybridized carbons (Fsp3) is 0.400. The van der Waals surface area contributed by atoms with E-state index >= 15 is 0 Å². The van der Waals surface area contributed by atoms with E-state index < -0.39 is 11.6 Å². The van der Waals surface area contributed by atoms with Gasteiger partial charge in [0.1, 0.15) is 5.60 Å². The molecule has 19 heavy (non-hydrogen) atoms. The molecule has 1 atom stereocenters. The number of nitrogens with zero attached hydrogens (tertiary/aromatic N) is 1. The van der Waals surface area contributed by atoms with Gasteiger partial charge in [-0.1, -0.05) is 18.2 Å². The van der Waals surface area contributed by atoms with Crippen LogP contribution in [0.2, 0.25) is 0 Å². The van der Waals surface area contributed by atoms with Crippen LogP contribution in [0.5, 0.6) is 0 Å². The highest BCUT2D eigenvalue weighted by Gasteiger charge is 2.38. The number of aryl methyl sites for hydroxylation is 1. The van der Waals surface area contributed by atoms with Crippen molar-refractivity contribution in [1.29, 1.82) is 0 Å². The lowest BCUT2D eigenvalue weighted by atomic mass is 9.93. The van der Waals surface area contributed by atoms with Gasteiger partial charge in [-0.25, -0.2) is 0 Å². The summed E-state index contributed by atoms with van der Waals surface area (Å²) in [5.41, 5.74) is 2.55.